The van der Waals surface area contributed by atoms with E-state index in [1.807, 2.05) is 0 Å². The molecule has 1 amide bonds. The van der Waals surface area contributed by atoms with E-state index in [1.54, 1.807) is 36.4 Å². The first-order valence-corrected chi connectivity index (χ1v) is 6.06. The number of aliphatic hydroxyl groups is 1. The summed E-state index contributed by atoms with van der Waals surface area (Å²) in [5.74, 6) is -0.479. The Kier molecular flexibility index (Phi) is 4.68. The molecule has 0 bridgehead atoms. The zero-order chi connectivity index (χ0) is 14.4. The van der Waals surface area contributed by atoms with Crippen molar-refractivity contribution in [2.75, 3.05) is 11.9 Å². The Bertz CT molecular complexity index is 601. The van der Waals surface area contributed by atoms with Crippen LogP contribution in [-0.4, -0.2) is 17.6 Å². The molecule has 0 unspecified atom stereocenters. The van der Waals surface area contributed by atoms with Gasteiger partial charge in [0.1, 0.15) is 11.6 Å². The Morgan fingerprint density at radius 1 is 1.20 bits per heavy atom. The molecule has 2 aromatic rings. The molecule has 5 heteroatoms. The van der Waals surface area contributed by atoms with Gasteiger partial charge in [0, 0.05) is 0 Å². The van der Waals surface area contributed by atoms with Crippen LogP contribution in [0.25, 0.3) is 0 Å². The standard InChI is InChI=1S/C15H14FNO3/c16-13-6-1-2-7-14(13)17-15(19)10-20-12-5-3-4-11(8-12)9-18/h1-8,18H,9-10H2,(H,17,19). The van der Waals surface area contributed by atoms with E-state index >= 15 is 0 Å². The number of hydrogen-bond acceptors (Lipinski definition) is 3. The smallest absolute Gasteiger partial charge is 0.262 e. The van der Waals surface area contributed by atoms with Crippen molar-refractivity contribution in [2.45, 2.75) is 6.61 Å². The fourth-order valence-corrected chi connectivity index (χ4v) is 1.63. The van der Waals surface area contributed by atoms with Gasteiger partial charge in [-0.25, -0.2) is 4.39 Å². The van der Waals surface area contributed by atoms with E-state index in [2.05, 4.69) is 5.32 Å². The number of rotatable bonds is 5. The maximum atomic E-state index is 13.3. The van der Waals surface area contributed by atoms with Crippen LogP contribution in [-0.2, 0) is 11.4 Å². The number of nitrogens with one attached hydrogen (secondary N) is 1. The predicted molar refractivity (Wildman–Crippen MR) is 72.9 cm³/mol. The molecule has 0 heterocycles. The van der Waals surface area contributed by atoms with Crippen LogP contribution in [0.1, 0.15) is 5.56 Å². The van der Waals surface area contributed by atoms with Gasteiger partial charge in [0.05, 0.1) is 12.3 Å². The minimum atomic E-state index is -0.497. The van der Waals surface area contributed by atoms with E-state index in [9.17, 15) is 9.18 Å². The molecule has 0 aliphatic carbocycles. The number of amides is 1. The molecule has 0 aromatic heterocycles. The maximum Gasteiger partial charge on any atom is 0.262 e. The van der Waals surface area contributed by atoms with Crippen molar-refractivity contribution < 1.29 is 19.0 Å². The number of hydrogen-bond donors (Lipinski definition) is 2. The third-order valence-electron chi connectivity index (χ3n) is 2.60. The molecule has 4 nitrogen and oxygen atoms in total. The molecule has 104 valence electrons. The van der Waals surface area contributed by atoms with Gasteiger partial charge in [0.15, 0.2) is 6.61 Å². The largest absolute Gasteiger partial charge is 0.484 e. The van der Waals surface area contributed by atoms with Gasteiger partial charge in [0.2, 0.25) is 0 Å². The molecule has 2 N–H and O–H groups in total. The Hall–Kier alpha value is -2.40. The quantitative estimate of drug-likeness (QED) is 0.880. The fraction of sp³-hybridized carbons (Fsp3) is 0.133. The van der Waals surface area contributed by atoms with Gasteiger partial charge in [-0.3, -0.25) is 4.79 Å². The zero-order valence-corrected chi connectivity index (χ0v) is 10.7. The SMILES string of the molecule is O=C(COc1cccc(CO)c1)Nc1ccccc1F. The molecule has 0 saturated heterocycles. The molecule has 0 radical (unpaired) electrons. The van der Waals surface area contributed by atoms with Crippen LogP contribution < -0.4 is 10.1 Å². The van der Waals surface area contributed by atoms with Gasteiger partial charge in [-0.15, -0.1) is 0 Å². The molecular formula is C15H14FNO3. The highest BCUT2D eigenvalue weighted by Crippen LogP contribution is 2.14. The normalized spacial score (nSPS) is 10.1. The highest BCUT2D eigenvalue weighted by atomic mass is 19.1. The lowest BCUT2D eigenvalue weighted by Gasteiger charge is -2.08. The van der Waals surface area contributed by atoms with Crippen LogP contribution >= 0.6 is 0 Å². The van der Waals surface area contributed by atoms with Crippen molar-refractivity contribution in [3.05, 3.63) is 59.9 Å². The van der Waals surface area contributed by atoms with Gasteiger partial charge < -0.3 is 15.2 Å². The molecular weight excluding hydrogens is 261 g/mol. The fourth-order valence-electron chi connectivity index (χ4n) is 1.63. The van der Waals surface area contributed by atoms with Crippen LogP contribution in [0.2, 0.25) is 0 Å². The average Bonchev–Trinajstić information content (AvgIpc) is 2.48. The minimum absolute atomic E-state index is 0.0986. The summed E-state index contributed by atoms with van der Waals surface area (Å²) in [7, 11) is 0. The first kappa shape index (κ1) is 14.0. The van der Waals surface area contributed by atoms with E-state index in [0.29, 0.717) is 11.3 Å². The third kappa shape index (κ3) is 3.80. The van der Waals surface area contributed by atoms with Crippen molar-refractivity contribution in [3.8, 4) is 5.75 Å². The summed E-state index contributed by atoms with van der Waals surface area (Å²) in [5, 5.41) is 11.4. The minimum Gasteiger partial charge on any atom is -0.484 e. The van der Waals surface area contributed by atoms with Crippen molar-refractivity contribution in [1.82, 2.24) is 0 Å². The van der Waals surface area contributed by atoms with Crippen molar-refractivity contribution in [1.29, 1.82) is 0 Å². The van der Waals surface area contributed by atoms with Gasteiger partial charge in [-0.1, -0.05) is 24.3 Å². The van der Waals surface area contributed by atoms with Crippen LogP contribution in [0.3, 0.4) is 0 Å². The lowest BCUT2D eigenvalue weighted by molar-refractivity contribution is -0.118. The van der Waals surface area contributed by atoms with E-state index in [-0.39, 0.29) is 18.9 Å². The van der Waals surface area contributed by atoms with Crippen molar-refractivity contribution in [2.24, 2.45) is 0 Å². The summed E-state index contributed by atoms with van der Waals surface area (Å²) in [6.07, 6.45) is 0. The number of aliphatic hydroxyl groups excluding tert-OH is 1. The monoisotopic (exact) mass is 275 g/mol. The summed E-state index contributed by atoms with van der Waals surface area (Å²) < 4.78 is 18.6. The molecule has 2 aromatic carbocycles. The second-order valence-electron chi connectivity index (χ2n) is 4.12. The Morgan fingerprint density at radius 3 is 2.75 bits per heavy atom. The highest BCUT2D eigenvalue weighted by Gasteiger charge is 2.07. The number of carbonyl (C=O) groups excluding carboxylic acids is 1. The number of benzene rings is 2. The summed E-state index contributed by atoms with van der Waals surface area (Å²) in [6.45, 7) is -0.332. The van der Waals surface area contributed by atoms with Gasteiger partial charge in [-0.05, 0) is 29.8 Å². The first-order chi connectivity index (χ1) is 9.69. The summed E-state index contributed by atoms with van der Waals surface area (Å²) >= 11 is 0. The topological polar surface area (TPSA) is 58.6 Å². The third-order valence-corrected chi connectivity index (χ3v) is 2.60. The number of carbonyl (C=O) groups is 1. The lowest BCUT2D eigenvalue weighted by atomic mass is 10.2. The van der Waals surface area contributed by atoms with Crippen molar-refractivity contribution >= 4 is 11.6 Å². The number of ether oxygens (including phenoxy) is 1. The predicted octanol–water partition coefficient (Wildman–Crippen LogP) is 2.34. The Balaban J connectivity index is 1.90. The second-order valence-corrected chi connectivity index (χ2v) is 4.12. The summed E-state index contributed by atoms with van der Waals surface area (Å²) in [4.78, 5) is 11.6. The molecule has 2 rings (SSSR count). The molecule has 0 spiro atoms. The van der Waals surface area contributed by atoms with E-state index < -0.39 is 11.7 Å². The van der Waals surface area contributed by atoms with Crippen LogP contribution in [0.4, 0.5) is 10.1 Å². The van der Waals surface area contributed by atoms with Gasteiger partial charge >= 0.3 is 0 Å². The Labute approximate surface area is 115 Å². The molecule has 0 atom stereocenters. The van der Waals surface area contributed by atoms with E-state index in [4.69, 9.17) is 9.84 Å². The van der Waals surface area contributed by atoms with E-state index in [1.165, 1.54) is 12.1 Å². The summed E-state index contributed by atoms with van der Waals surface area (Å²) in [6, 6.07) is 12.7. The van der Waals surface area contributed by atoms with Gasteiger partial charge in [0.25, 0.3) is 5.91 Å². The lowest BCUT2D eigenvalue weighted by Crippen LogP contribution is -2.20. The average molecular weight is 275 g/mol. The number of anilines is 1. The van der Waals surface area contributed by atoms with Crippen molar-refractivity contribution in [3.63, 3.8) is 0 Å². The van der Waals surface area contributed by atoms with E-state index in [0.717, 1.165) is 0 Å². The number of para-hydroxylation sites is 1. The molecule has 0 aliphatic heterocycles. The Morgan fingerprint density at radius 2 is 2.00 bits per heavy atom. The maximum absolute atomic E-state index is 13.3. The summed E-state index contributed by atoms with van der Waals surface area (Å²) in [5.41, 5.74) is 0.808. The number of halogens is 1. The zero-order valence-electron chi connectivity index (χ0n) is 10.7. The highest BCUT2D eigenvalue weighted by molar-refractivity contribution is 5.91. The van der Waals surface area contributed by atoms with Gasteiger partial charge in [-0.2, -0.15) is 0 Å². The van der Waals surface area contributed by atoms with Crippen LogP contribution in [0.15, 0.2) is 48.5 Å². The second kappa shape index (κ2) is 6.68. The molecule has 0 aliphatic rings. The first-order valence-electron chi connectivity index (χ1n) is 6.06. The van der Waals surface area contributed by atoms with Crippen LogP contribution in [0, 0.1) is 5.82 Å². The molecule has 0 saturated carbocycles. The molecule has 0 fully saturated rings. The van der Waals surface area contributed by atoms with Crippen LogP contribution in [0.5, 0.6) is 5.75 Å². The molecule has 20 heavy (non-hydrogen) atoms.